The van der Waals surface area contributed by atoms with Gasteiger partial charge in [-0.1, -0.05) is 79.5 Å². The molecular weight excluding hydrogens is 439 g/mol. The van der Waals surface area contributed by atoms with Gasteiger partial charge in [-0.15, -0.1) is 0 Å². The SMILES string of the molecule is CCCCCCCC(=O)c1nn(-c2ccc(Cl)cc2Cl)c(-c2ccc(Cl)cc2)c1C. The molecule has 0 atom stereocenters. The van der Waals surface area contributed by atoms with Crippen molar-refractivity contribution in [2.45, 2.75) is 52.4 Å². The number of hydrogen-bond donors (Lipinski definition) is 0. The van der Waals surface area contributed by atoms with Crippen molar-refractivity contribution >= 4 is 40.6 Å². The summed E-state index contributed by atoms with van der Waals surface area (Å²) in [5, 5.41) is 6.36. The number of unbranched alkanes of at least 4 members (excludes halogenated alkanes) is 4. The second-order valence-electron chi connectivity index (χ2n) is 7.42. The quantitative estimate of drug-likeness (QED) is 0.236. The van der Waals surface area contributed by atoms with Crippen molar-refractivity contribution < 1.29 is 4.79 Å². The van der Waals surface area contributed by atoms with E-state index in [2.05, 4.69) is 6.92 Å². The van der Waals surface area contributed by atoms with Crippen LogP contribution in [0.25, 0.3) is 16.9 Å². The lowest BCUT2D eigenvalue weighted by Gasteiger charge is -2.11. The zero-order chi connectivity index (χ0) is 21.7. The summed E-state index contributed by atoms with van der Waals surface area (Å²) in [5.74, 6) is 0.0584. The zero-order valence-electron chi connectivity index (χ0n) is 17.2. The molecule has 0 radical (unpaired) electrons. The van der Waals surface area contributed by atoms with Gasteiger partial charge in [0.15, 0.2) is 5.78 Å². The normalized spacial score (nSPS) is 11.1. The van der Waals surface area contributed by atoms with Gasteiger partial charge in [0, 0.05) is 27.6 Å². The molecule has 1 heterocycles. The summed E-state index contributed by atoms with van der Waals surface area (Å²) in [5.41, 5.74) is 3.74. The minimum Gasteiger partial charge on any atom is -0.292 e. The van der Waals surface area contributed by atoms with Crippen molar-refractivity contribution in [1.29, 1.82) is 0 Å². The van der Waals surface area contributed by atoms with Crippen molar-refractivity contribution in [1.82, 2.24) is 9.78 Å². The van der Waals surface area contributed by atoms with Crippen LogP contribution in [0.4, 0.5) is 0 Å². The van der Waals surface area contributed by atoms with E-state index in [1.165, 1.54) is 12.8 Å². The molecular formula is C24H25Cl3N2O. The van der Waals surface area contributed by atoms with Crippen molar-refractivity contribution in [3.05, 3.63) is 68.8 Å². The first-order chi connectivity index (χ1) is 14.4. The van der Waals surface area contributed by atoms with Gasteiger partial charge in [0.1, 0.15) is 5.69 Å². The standard InChI is InChI=1S/C24H25Cl3N2O/c1-3-4-5-6-7-8-22(30)23-16(2)24(17-9-11-18(25)12-10-17)29(28-23)21-14-13-19(26)15-20(21)27/h9-15H,3-8H2,1-2H3. The molecule has 0 saturated carbocycles. The van der Waals surface area contributed by atoms with Gasteiger partial charge in [0.2, 0.25) is 0 Å². The highest BCUT2D eigenvalue weighted by molar-refractivity contribution is 6.35. The van der Waals surface area contributed by atoms with E-state index < -0.39 is 0 Å². The van der Waals surface area contributed by atoms with E-state index in [1.54, 1.807) is 16.8 Å². The van der Waals surface area contributed by atoms with E-state index in [0.29, 0.717) is 32.9 Å². The van der Waals surface area contributed by atoms with Gasteiger partial charge in [0.25, 0.3) is 0 Å². The fraction of sp³-hybridized carbons (Fsp3) is 0.333. The molecule has 158 valence electrons. The molecule has 6 heteroatoms. The lowest BCUT2D eigenvalue weighted by Crippen LogP contribution is -2.04. The number of halogens is 3. The highest BCUT2D eigenvalue weighted by Gasteiger charge is 2.22. The summed E-state index contributed by atoms with van der Waals surface area (Å²) in [4.78, 5) is 13.0. The van der Waals surface area contributed by atoms with Crippen LogP contribution in [-0.4, -0.2) is 15.6 Å². The number of aromatic nitrogens is 2. The molecule has 0 unspecified atom stereocenters. The number of nitrogens with zero attached hydrogens (tertiary/aromatic N) is 2. The number of carbonyl (C=O) groups excluding carboxylic acids is 1. The van der Waals surface area contributed by atoms with Crippen molar-refractivity contribution in [2.75, 3.05) is 0 Å². The fourth-order valence-corrected chi connectivity index (χ4v) is 4.16. The maximum atomic E-state index is 13.0. The van der Waals surface area contributed by atoms with Crippen LogP contribution < -0.4 is 0 Å². The smallest absolute Gasteiger partial charge is 0.183 e. The molecule has 0 saturated heterocycles. The summed E-state index contributed by atoms with van der Waals surface area (Å²) in [6.07, 6.45) is 5.99. The van der Waals surface area contributed by atoms with Gasteiger partial charge < -0.3 is 0 Å². The Morgan fingerprint density at radius 1 is 0.933 bits per heavy atom. The molecule has 0 aliphatic heterocycles. The predicted molar refractivity (Wildman–Crippen MR) is 126 cm³/mol. The maximum Gasteiger partial charge on any atom is 0.183 e. The minimum atomic E-state index is 0.0584. The number of ketones is 1. The number of hydrogen-bond acceptors (Lipinski definition) is 2. The number of benzene rings is 2. The topological polar surface area (TPSA) is 34.9 Å². The molecule has 1 aromatic heterocycles. The van der Waals surface area contributed by atoms with Crippen LogP contribution >= 0.6 is 34.8 Å². The van der Waals surface area contributed by atoms with Gasteiger partial charge in [-0.05, 0) is 43.7 Å². The largest absolute Gasteiger partial charge is 0.292 e. The molecule has 30 heavy (non-hydrogen) atoms. The lowest BCUT2D eigenvalue weighted by atomic mass is 10.0. The molecule has 0 aliphatic carbocycles. The van der Waals surface area contributed by atoms with Crippen molar-refractivity contribution in [3.8, 4) is 16.9 Å². The second kappa shape index (κ2) is 10.5. The highest BCUT2D eigenvalue weighted by atomic mass is 35.5. The van der Waals surface area contributed by atoms with Crippen molar-refractivity contribution in [2.24, 2.45) is 0 Å². The Kier molecular flexibility index (Phi) is 7.99. The molecule has 0 fully saturated rings. The number of Topliss-reactive ketones (excluding diaryl/α,β-unsaturated/α-hetero) is 1. The first-order valence-electron chi connectivity index (χ1n) is 10.3. The Morgan fingerprint density at radius 2 is 1.60 bits per heavy atom. The molecule has 0 spiro atoms. The Bertz CT molecular complexity index is 1030. The summed E-state index contributed by atoms with van der Waals surface area (Å²) in [6, 6.07) is 12.8. The molecule has 3 aromatic rings. The monoisotopic (exact) mass is 462 g/mol. The van der Waals surface area contributed by atoms with E-state index in [9.17, 15) is 4.79 Å². The number of rotatable bonds is 9. The molecule has 3 rings (SSSR count). The van der Waals surface area contributed by atoms with E-state index in [1.807, 2.05) is 37.3 Å². The summed E-state index contributed by atoms with van der Waals surface area (Å²) in [7, 11) is 0. The molecule has 2 aromatic carbocycles. The molecule has 0 amide bonds. The summed E-state index contributed by atoms with van der Waals surface area (Å²) < 4.78 is 1.74. The van der Waals surface area contributed by atoms with E-state index >= 15 is 0 Å². The Morgan fingerprint density at radius 3 is 2.27 bits per heavy atom. The van der Waals surface area contributed by atoms with Crippen LogP contribution in [-0.2, 0) is 0 Å². The van der Waals surface area contributed by atoms with Crippen LogP contribution in [0.2, 0.25) is 15.1 Å². The predicted octanol–water partition coefficient (Wildman–Crippen LogP) is 8.35. The first-order valence-corrected chi connectivity index (χ1v) is 11.4. The zero-order valence-corrected chi connectivity index (χ0v) is 19.5. The molecule has 0 aliphatic rings. The maximum absolute atomic E-state index is 13.0. The van der Waals surface area contributed by atoms with Crippen LogP contribution in [0.5, 0.6) is 0 Å². The third-order valence-corrected chi connectivity index (χ3v) is 5.94. The third kappa shape index (κ3) is 5.26. The van der Waals surface area contributed by atoms with E-state index in [4.69, 9.17) is 39.9 Å². The van der Waals surface area contributed by atoms with Gasteiger partial charge in [-0.2, -0.15) is 5.10 Å². The lowest BCUT2D eigenvalue weighted by molar-refractivity contribution is 0.0973. The molecule has 0 N–H and O–H groups in total. The third-order valence-electron chi connectivity index (χ3n) is 5.15. The van der Waals surface area contributed by atoms with Gasteiger partial charge in [-0.3, -0.25) is 4.79 Å². The highest BCUT2D eigenvalue weighted by Crippen LogP contribution is 2.33. The Hall–Kier alpha value is -1.81. The van der Waals surface area contributed by atoms with Crippen LogP contribution in [0.15, 0.2) is 42.5 Å². The molecule has 0 bridgehead atoms. The summed E-state index contributed by atoms with van der Waals surface area (Å²) in [6.45, 7) is 4.11. The number of carbonyl (C=O) groups is 1. The molecule has 3 nitrogen and oxygen atoms in total. The van der Waals surface area contributed by atoms with Crippen LogP contribution in [0.3, 0.4) is 0 Å². The van der Waals surface area contributed by atoms with Crippen molar-refractivity contribution in [3.63, 3.8) is 0 Å². The van der Waals surface area contributed by atoms with Gasteiger partial charge in [-0.25, -0.2) is 4.68 Å². The van der Waals surface area contributed by atoms with Crippen LogP contribution in [0.1, 0.15) is 61.5 Å². The fourth-order valence-electron chi connectivity index (χ4n) is 3.54. The Balaban J connectivity index is 2.01. The van der Waals surface area contributed by atoms with Gasteiger partial charge in [0.05, 0.1) is 16.4 Å². The van der Waals surface area contributed by atoms with E-state index in [0.717, 1.165) is 36.1 Å². The average molecular weight is 464 g/mol. The Labute approximate surface area is 193 Å². The second-order valence-corrected chi connectivity index (χ2v) is 8.70. The summed E-state index contributed by atoms with van der Waals surface area (Å²) >= 11 is 18.6. The first kappa shape index (κ1) is 22.9. The average Bonchev–Trinajstić information content (AvgIpc) is 3.05. The van der Waals surface area contributed by atoms with Gasteiger partial charge >= 0.3 is 0 Å². The van der Waals surface area contributed by atoms with E-state index in [-0.39, 0.29) is 5.78 Å². The van der Waals surface area contributed by atoms with Crippen LogP contribution in [0, 0.1) is 6.92 Å². The minimum absolute atomic E-state index is 0.0584.